The largest absolute Gasteiger partial charge is 0.440 e. The van der Waals surface area contributed by atoms with E-state index in [1.54, 1.807) is 0 Å². The van der Waals surface area contributed by atoms with E-state index in [9.17, 15) is 0 Å². The average Bonchev–Trinajstić information content (AvgIpc) is 3.01. The number of benzene rings is 1. The van der Waals surface area contributed by atoms with Gasteiger partial charge in [-0.15, -0.1) is 0 Å². The Bertz CT molecular complexity index is 562. The Morgan fingerprint density at radius 2 is 1.72 bits per heavy atom. The minimum Gasteiger partial charge on any atom is -0.440 e. The van der Waals surface area contributed by atoms with Crippen LogP contribution in [0.4, 0.5) is 5.69 Å². The first-order valence-corrected chi connectivity index (χ1v) is 6.75. The summed E-state index contributed by atoms with van der Waals surface area (Å²) in [6, 6.07) is 0. The summed E-state index contributed by atoms with van der Waals surface area (Å²) >= 11 is 0. The molecule has 1 aliphatic carbocycles. The highest BCUT2D eigenvalue weighted by Crippen LogP contribution is 2.38. The van der Waals surface area contributed by atoms with Crippen LogP contribution in [0.1, 0.15) is 54.2 Å². The summed E-state index contributed by atoms with van der Waals surface area (Å²) in [5.74, 6) is 1.43. The first-order valence-electron chi connectivity index (χ1n) is 6.75. The van der Waals surface area contributed by atoms with Crippen LogP contribution < -0.4 is 5.73 Å². The van der Waals surface area contributed by atoms with Crippen LogP contribution in [-0.4, -0.2) is 4.98 Å². The van der Waals surface area contributed by atoms with Crippen molar-refractivity contribution in [3.8, 4) is 0 Å². The minimum atomic E-state index is 0.512. The molecule has 3 nitrogen and oxygen atoms in total. The van der Waals surface area contributed by atoms with E-state index in [0.29, 0.717) is 5.92 Å². The lowest BCUT2D eigenvalue weighted by Crippen LogP contribution is -1.97. The number of rotatable bonds is 1. The zero-order chi connectivity index (χ0) is 12.9. The quantitative estimate of drug-likeness (QED) is 0.771. The van der Waals surface area contributed by atoms with Crippen LogP contribution in [-0.2, 0) is 0 Å². The molecule has 1 fully saturated rings. The Labute approximate surface area is 107 Å². The van der Waals surface area contributed by atoms with Gasteiger partial charge < -0.3 is 10.2 Å². The maximum Gasteiger partial charge on any atom is 0.198 e. The molecule has 0 atom stereocenters. The number of nitrogens with two attached hydrogens (primary N) is 1. The van der Waals surface area contributed by atoms with Gasteiger partial charge in [0.25, 0.3) is 0 Å². The number of oxazole rings is 1. The molecule has 0 amide bonds. The summed E-state index contributed by atoms with van der Waals surface area (Å²) in [6.45, 7) is 6.16. The molecular formula is C15H20N2O. The highest BCUT2D eigenvalue weighted by Gasteiger charge is 2.24. The summed E-state index contributed by atoms with van der Waals surface area (Å²) in [5, 5.41) is 0. The molecule has 1 saturated carbocycles. The molecule has 2 aromatic rings. The highest BCUT2D eigenvalue weighted by atomic mass is 16.3. The number of nitrogens with zero attached hydrogens (tertiary/aromatic N) is 1. The van der Waals surface area contributed by atoms with E-state index in [0.717, 1.165) is 39.4 Å². The number of aromatic nitrogens is 1. The van der Waals surface area contributed by atoms with Crippen LogP contribution in [0.25, 0.3) is 11.1 Å². The second kappa shape index (κ2) is 4.01. The summed E-state index contributed by atoms with van der Waals surface area (Å²) in [7, 11) is 0. The van der Waals surface area contributed by atoms with Crippen molar-refractivity contribution in [2.75, 3.05) is 5.73 Å². The van der Waals surface area contributed by atoms with Crippen molar-refractivity contribution < 1.29 is 4.42 Å². The number of aryl methyl sites for hydroxylation is 2. The lowest BCUT2D eigenvalue weighted by Gasteiger charge is -2.07. The number of anilines is 1. The van der Waals surface area contributed by atoms with Crippen LogP contribution in [0.5, 0.6) is 0 Å². The van der Waals surface area contributed by atoms with Crippen molar-refractivity contribution in [1.29, 1.82) is 0 Å². The van der Waals surface area contributed by atoms with Crippen molar-refractivity contribution in [2.24, 2.45) is 0 Å². The maximum atomic E-state index is 6.12. The lowest BCUT2D eigenvalue weighted by atomic mass is 10.0. The zero-order valence-electron chi connectivity index (χ0n) is 11.3. The van der Waals surface area contributed by atoms with Crippen LogP contribution in [0.15, 0.2) is 4.42 Å². The number of fused-ring (bicyclic) bond motifs is 1. The summed E-state index contributed by atoms with van der Waals surface area (Å²) in [6.07, 6.45) is 5.00. The summed E-state index contributed by atoms with van der Waals surface area (Å²) in [5.41, 5.74) is 12.2. The van der Waals surface area contributed by atoms with E-state index < -0.39 is 0 Å². The van der Waals surface area contributed by atoms with Gasteiger partial charge in [-0.1, -0.05) is 12.8 Å². The minimum absolute atomic E-state index is 0.512. The smallest absolute Gasteiger partial charge is 0.198 e. The Kier molecular flexibility index (Phi) is 2.58. The molecule has 0 aliphatic heterocycles. The van der Waals surface area contributed by atoms with Gasteiger partial charge in [0, 0.05) is 17.2 Å². The fourth-order valence-electron chi connectivity index (χ4n) is 2.98. The molecule has 0 unspecified atom stereocenters. The van der Waals surface area contributed by atoms with Gasteiger partial charge >= 0.3 is 0 Å². The van der Waals surface area contributed by atoms with Gasteiger partial charge in [0.2, 0.25) is 0 Å². The Morgan fingerprint density at radius 1 is 1.06 bits per heavy atom. The first kappa shape index (κ1) is 11.6. The lowest BCUT2D eigenvalue weighted by molar-refractivity contribution is 0.473. The fourth-order valence-corrected chi connectivity index (χ4v) is 2.98. The topological polar surface area (TPSA) is 52.0 Å². The average molecular weight is 244 g/mol. The van der Waals surface area contributed by atoms with Gasteiger partial charge in [0.05, 0.1) is 0 Å². The Hall–Kier alpha value is -1.51. The molecule has 1 heterocycles. The van der Waals surface area contributed by atoms with Gasteiger partial charge in [0.15, 0.2) is 11.5 Å². The Morgan fingerprint density at radius 3 is 2.39 bits per heavy atom. The third kappa shape index (κ3) is 1.53. The number of hydrogen-bond donors (Lipinski definition) is 1. The van der Waals surface area contributed by atoms with Crippen molar-refractivity contribution in [3.05, 3.63) is 22.6 Å². The van der Waals surface area contributed by atoms with E-state index in [1.807, 2.05) is 6.92 Å². The molecule has 0 radical (unpaired) electrons. The normalized spacial score (nSPS) is 16.8. The molecule has 1 aliphatic rings. The maximum absolute atomic E-state index is 6.12. The second-order valence-electron chi connectivity index (χ2n) is 5.50. The third-order valence-corrected chi connectivity index (χ3v) is 4.41. The fraction of sp³-hybridized carbons (Fsp3) is 0.533. The van der Waals surface area contributed by atoms with Gasteiger partial charge in [-0.2, -0.15) is 0 Å². The summed E-state index contributed by atoms with van der Waals surface area (Å²) < 4.78 is 6.01. The zero-order valence-corrected chi connectivity index (χ0v) is 11.3. The molecule has 1 aromatic carbocycles. The van der Waals surface area contributed by atoms with Gasteiger partial charge in [-0.05, 0) is 44.7 Å². The molecular weight excluding hydrogens is 224 g/mol. The predicted molar refractivity (Wildman–Crippen MR) is 73.8 cm³/mol. The van der Waals surface area contributed by atoms with Crippen molar-refractivity contribution in [1.82, 2.24) is 4.98 Å². The van der Waals surface area contributed by atoms with E-state index in [-0.39, 0.29) is 0 Å². The molecule has 0 bridgehead atoms. The van der Waals surface area contributed by atoms with E-state index in [4.69, 9.17) is 15.1 Å². The van der Waals surface area contributed by atoms with Gasteiger partial charge in [0.1, 0.15) is 5.52 Å². The van der Waals surface area contributed by atoms with Crippen molar-refractivity contribution in [3.63, 3.8) is 0 Å². The van der Waals surface area contributed by atoms with E-state index >= 15 is 0 Å². The molecule has 18 heavy (non-hydrogen) atoms. The van der Waals surface area contributed by atoms with Gasteiger partial charge in [-0.25, -0.2) is 4.98 Å². The van der Waals surface area contributed by atoms with Crippen molar-refractivity contribution >= 4 is 16.8 Å². The SMILES string of the molecule is Cc1c(N)c(C)c2oc(C3CCCC3)nc2c1C. The van der Waals surface area contributed by atoms with Crippen LogP contribution in [0, 0.1) is 20.8 Å². The molecule has 0 spiro atoms. The molecule has 96 valence electrons. The second-order valence-corrected chi connectivity index (χ2v) is 5.50. The van der Waals surface area contributed by atoms with E-state index in [1.165, 1.54) is 25.7 Å². The third-order valence-electron chi connectivity index (χ3n) is 4.41. The van der Waals surface area contributed by atoms with Gasteiger partial charge in [-0.3, -0.25) is 0 Å². The van der Waals surface area contributed by atoms with Crippen LogP contribution >= 0.6 is 0 Å². The summed E-state index contributed by atoms with van der Waals surface area (Å²) in [4.78, 5) is 4.73. The molecule has 0 saturated heterocycles. The van der Waals surface area contributed by atoms with Crippen LogP contribution in [0.2, 0.25) is 0 Å². The van der Waals surface area contributed by atoms with Crippen molar-refractivity contribution in [2.45, 2.75) is 52.4 Å². The predicted octanol–water partition coefficient (Wildman–Crippen LogP) is 3.99. The monoisotopic (exact) mass is 244 g/mol. The molecule has 3 heteroatoms. The number of nitrogen functional groups attached to an aromatic ring is 1. The molecule has 1 aromatic heterocycles. The number of hydrogen-bond acceptors (Lipinski definition) is 3. The highest BCUT2D eigenvalue weighted by molar-refractivity contribution is 5.87. The standard InChI is InChI=1S/C15H20N2O/c1-8-9(2)13-14(10(3)12(8)16)18-15(17-13)11-6-4-5-7-11/h11H,4-7,16H2,1-3H3. The van der Waals surface area contributed by atoms with Crippen LogP contribution in [0.3, 0.4) is 0 Å². The molecule has 2 N–H and O–H groups in total. The van der Waals surface area contributed by atoms with E-state index in [2.05, 4.69) is 13.8 Å². The molecule has 3 rings (SSSR count). The Balaban J connectivity index is 2.22. The first-order chi connectivity index (χ1) is 8.59.